The molecule has 0 saturated heterocycles. The number of hydrogen-bond donors (Lipinski definition) is 1. The van der Waals surface area contributed by atoms with Gasteiger partial charge in [-0.1, -0.05) is 42.5 Å². The molecule has 2 atom stereocenters. The highest BCUT2D eigenvalue weighted by atomic mass is 19.1. The van der Waals surface area contributed by atoms with Crippen LogP contribution in [0.5, 0.6) is 0 Å². The van der Waals surface area contributed by atoms with Gasteiger partial charge in [0.2, 0.25) is 0 Å². The van der Waals surface area contributed by atoms with Gasteiger partial charge in [0.15, 0.2) is 6.10 Å². The van der Waals surface area contributed by atoms with Gasteiger partial charge in [-0.15, -0.1) is 0 Å². The smallest absolute Gasteiger partial charge is 0.328 e. The molecule has 0 unspecified atom stereocenters. The molecule has 0 aliphatic heterocycles. The summed E-state index contributed by atoms with van der Waals surface area (Å²) >= 11 is 0. The van der Waals surface area contributed by atoms with E-state index in [1.807, 2.05) is 6.07 Å². The van der Waals surface area contributed by atoms with Gasteiger partial charge in [-0.05, 0) is 23.3 Å². The maximum Gasteiger partial charge on any atom is 0.328 e. The molecule has 1 N–H and O–H groups in total. The minimum atomic E-state index is -0.899. The maximum absolute atomic E-state index is 13.0. The third-order valence-corrected chi connectivity index (χ3v) is 3.73. The lowest BCUT2D eigenvalue weighted by Crippen LogP contribution is -2.45. The summed E-state index contributed by atoms with van der Waals surface area (Å²) in [5.74, 6) is -1.40. The van der Waals surface area contributed by atoms with E-state index >= 15 is 0 Å². The molecule has 2 aromatic carbocycles. The highest BCUT2D eigenvalue weighted by Crippen LogP contribution is 2.17. The Kier molecular flexibility index (Phi) is 6.65. The number of esters is 1. The van der Waals surface area contributed by atoms with Gasteiger partial charge in [-0.25, -0.2) is 9.18 Å². The normalized spacial score (nSPS) is 12.9. The number of ether oxygens (including phenoxy) is 2. The molecular weight excluding hydrogens is 325 g/mol. The van der Waals surface area contributed by atoms with E-state index in [2.05, 4.69) is 5.32 Å². The molecule has 0 bridgehead atoms. The summed E-state index contributed by atoms with van der Waals surface area (Å²) in [6, 6.07) is 13.8. The van der Waals surface area contributed by atoms with Crippen LogP contribution >= 0.6 is 0 Å². The van der Waals surface area contributed by atoms with Gasteiger partial charge in [0.05, 0.1) is 7.11 Å². The van der Waals surface area contributed by atoms with Crippen LogP contribution < -0.4 is 5.32 Å². The first-order valence-electron chi connectivity index (χ1n) is 7.75. The number of halogens is 1. The van der Waals surface area contributed by atoms with E-state index in [-0.39, 0.29) is 12.2 Å². The van der Waals surface area contributed by atoms with Gasteiger partial charge in [0.25, 0.3) is 5.91 Å². The Balaban J connectivity index is 2.13. The molecule has 5 nitrogen and oxygen atoms in total. The van der Waals surface area contributed by atoms with Gasteiger partial charge >= 0.3 is 5.97 Å². The van der Waals surface area contributed by atoms with Gasteiger partial charge in [-0.3, -0.25) is 4.79 Å². The highest BCUT2D eigenvalue weighted by molar-refractivity contribution is 5.87. The fourth-order valence-corrected chi connectivity index (χ4v) is 2.46. The van der Waals surface area contributed by atoms with Gasteiger partial charge in [-0.2, -0.15) is 0 Å². The first kappa shape index (κ1) is 18.6. The molecule has 25 heavy (non-hydrogen) atoms. The molecule has 0 radical (unpaired) electrons. The van der Waals surface area contributed by atoms with E-state index in [0.717, 1.165) is 0 Å². The molecule has 0 heterocycles. The summed E-state index contributed by atoms with van der Waals surface area (Å²) in [7, 11) is 2.67. The Bertz CT molecular complexity index is 703. The number of nitrogens with one attached hydrogen (secondary N) is 1. The van der Waals surface area contributed by atoms with Crippen molar-refractivity contribution >= 4 is 11.9 Å². The average Bonchev–Trinajstić information content (AvgIpc) is 2.64. The predicted molar refractivity (Wildman–Crippen MR) is 90.2 cm³/mol. The molecule has 0 spiro atoms. The Labute approximate surface area is 145 Å². The van der Waals surface area contributed by atoms with E-state index in [9.17, 15) is 14.0 Å². The topological polar surface area (TPSA) is 64.6 Å². The summed E-state index contributed by atoms with van der Waals surface area (Å²) in [4.78, 5) is 24.6. The van der Waals surface area contributed by atoms with Crippen LogP contribution in [-0.4, -0.2) is 32.1 Å². The third kappa shape index (κ3) is 5.12. The molecule has 0 aliphatic rings. The minimum Gasteiger partial charge on any atom is -0.467 e. The molecule has 132 valence electrons. The van der Waals surface area contributed by atoms with E-state index in [1.54, 1.807) is 36.4 Å². The van der Waals surface area contributed by atoms with Crippen LogP contribution in [0.25, 0.3) is 0 Å². The Morgan fingerprint density at radius 2 is 1.68 bits per heavy atom. The van der Waals surface area contributed by atoms with Crippen molar-refractivity contribution in [2.24, 2.45) is 0 Å². The highest BCUT2D eigenvalue weighted by Gasteiger charge is 2.27. The van der Waals surface area contributed by atoms with E-state index < -0.39 is 24.0 Å². The molecule has 0 aliphatic carbocycles. The second-order valence-electron chi connectivity index (χ2n) is 5.44. The number of hydrogen-bond acceptors (Lipinski definition) is 4. The summed E-state index contributed by atoms with van der Waals surface area (Å²) in [5, 5.41) is 2.65. The van der Waals surface area contributed by atoms with Crippen LogP contribution in [0.3, 0.4) is 0 Å². The second kappa shape index (κ2) is 8.94. The first-order valence-corrected chi connectivity index (χ1v) is 7.75. The van der Waals surface area contributed by atoms with Crippen molar-refractivity contribution in [1.82, 2.24) is 5.32 Å². The van der Waals surface area contributed by atoms with E-state index in [1.165, 1.54) is 26.4 Å². The lowest BCUT2D eigenvalue weighted by molar-refractivity contribution is -0.146. The third-order valence-electron chi connectivity index (χ3n) is 3.73. The number of carbonyl (C=O) groups is 2. The zero-order valence-corrected chi connectivity index (χ0v) is 14.1. The fraction of sp³-hybridized carbons (Fsp3) is 0.263. The van der Waals surface area contributed by atoms with Crippen LogP contribution in [0, 0.1) is 5.82 Å². The number of rotatable bonds is 7. The fourth-order valence-electron chi connectivity index (χ4n) is 2.46. The largest absolute Gasteiger partial charge is 0.467 e. The Hall–Kier alpha value is -2.73. The Morgan fingerprint density at radius 1 is 1.04 bits per heavy atom. The molecular formula is C19H20FNO4. The van der Waals surface area contributed by atoms with Crippen molar-refractivity contribution in [3.63, 3.8) is 0 Å². The molecule has 0 fully saturated rings. The van der Waals surface area contributed by atoms with Crippen LogP contribution in [0.2, 0.25) is 0 Å². The molecule has 0 saturated carbocycles. The van der Waals surface area contributed by atoms with Crippen molar-refractivity contribution in [3.05, 3.63) is 71.5 Å². The van der Waals surface area contributed by atoms with Crippen molar-refractivity contribution in [2.75, 3.05) is 14.2 Å². The summed E-state index contributed by atoms with van der Waals surface area (Å²) in [5.41, 5.74) is 1.37. The van der Waals surface area contributed by atoms with Crippen molar-refractivity contribution in [1.29, 1.82) is 0 Å². The Morgan fingerprint density at radius 3 is 2.24 bits per heavy atom. The van der Waals surface area contributed by atoms with Gasteiger partial charge < -0.3 is 14.8 Å². The predicted octanol–water partition coefficient (Wildman–Crippen LogP) is 2.41. The van der Waals surface area contributed by atoms with Crippen LogP contribution in [0.15, 0.2) is 54.6 Å². The molecule has 2 rings (SSSR count). The zero-order chi connectivity index (χ0) is 18.2. The number of amides is 1. The summed E-state index contributed by atoms with van der Waals surface area (Å²) in [6.07, 6.45) is -0.661. The van der Waals surface area contributed by atoms with E-state index in [0.29, 0.717) is 11.1 Å². The summed E-state index contributed by atoms with van der Waals surface area (Å²) in [6.45, 7) is 0. The minimum absolute atomic E-state index is 0.184. The maximum atomic E-state index is 13.0. The van der Waals surface area contributed by atoms with Gasteiger partial charge in [0.1, 0.15) is 11.9 Å². The van der Waals surface area contributed by atoms with Crippen molar-refractivity contribution in [2.45, 2.75) is 18.6 Å². The molecule has 2 aromatic rings. The number of benzene rings is 2. The first-order chi connectivity index (χ1) is 12.0. The van der Waals surface area contributed by atoms with Crippen LogP contribution in [-0.2, 0) is 25.5 Å². The summed E-state index contributed by atoms with van der Waals surface area (Å²) < 4.78 is 23.0. The molecule has 1 amide bonds. The van der Waals surface area contributed by atoms with E-state index in [4.69, 9.17) is 9.47 Å². The lowest BCUT2D eigenvalue weighted by atomic mass is 10.0. The monoisotopic (exact) mass is 345 g/mol. The van der Waals surface area contributed by atoms with Crippen LogP contribution in [0.1, 0.15) is 17.2 Å². The molecule has 6 heteroatoms. The standard InChI is InChI=1S/C19H20FNO4/c1-24-17(14-6-4-3-5-7-14)18(22)21-16(19(23)25-2)12-13-8-10-15(20)11-9-13/h3-11,16-17H,12H2,1-2H3,(H,21,22)/t16-,17-/m0/s1. The quantitative estimate of drug-likeness (QED) is 0.783. The van der Waals surface area contributed by atoms with Crippen LogP contribution in [0.4, 0.5) is 4.39 Å². The second-order valence-corrected chi connectivity index (χ2v) is 5.44. The number of carbonyl (C=O) groups excluding carboxylic acids is 2. The van der Waals surface area contributed by atoms with Gasteiger partial charge in [0, 0.05) is 13.5 Å². The molecule has 0 aromatic heterocycles. The SMILES string of the molecule is COC(=O)[C@H](Cc1ccc(F)cc1)NC(=O)[C@@H](OC)c1ccccc1. The number of methoxy groups -OCH3 is 2. The lowest BCUT2D eigenvalue weighted by Gasteiger charge is -2.21. The van der Waals surface area contributed by atoms with Crippen molar-refractivity contribution < 1.29 is 23.5 Å². The average molecular weight is 345 g/mol. The zero-order valence-electron chi connectivity index (χ0n) is 14.1. The van der Waals surface area contributed by atoms with Crippen molar-refractivity contribution in [3.8, 4) is 0 Å².